The van der Waals surface area contributed by atoms with Gasteiger partial charge in [0.05, 0.1) is 11.4 Å². The molecule has 1 aliphatic heterocycles. The summed E-state index contributed by atoms with van der Waals surface area (Å²) < 4.78 is 0. The number of nitrogens with zero attached hydrogens (tertiary/aromatic N) is 2. The Balaban J connectivity index is 1.78. The Morgan fingerprint density at radius 2 is 1.91 bits per heavy atom. The second kappa shape index (κ2) is 5.32. The normalized spacial score (nSPS) is 18.4. The van der Waals surface area contributed by atoms with Crippen molar-refractivity contribution in [1.29, 1.82) is 0 Å². The fourth-order valence-electron chi connectivity index (χ4n) is 3.14. The van der Waals surface area contributed by atoms with Crippen molar-refractivity contribution in [3.05, 3.63) is 77.6 Å². The van der Waals surface area contributed by atoms with Gasteiger partial charge < -0.3 is 5.73 Å². The molecule has 4 nitrogen and oxygen atoms in total. The van der Waals surface area contributed by atoms with Crippen molar-refractivity contribution in [2.45, 2.75) is 6.42 Å². The van der Waals surface area contributed by atoms with Gasteiger partial charge in [-0.25, -0.2) is 0 Å². The molecule has 2 aliphatic rings. The minimum absolute atomic E-state index is 0.0345. The van der Waals surface area contributed by atoms with E-state index in [-0.39, 0.29) is 5.92 Å². The quantitative estimate of drug-likeness (QED) is 0.947. The van der Waals surface area contributed by atoms with Crippen molar-refractivity contribution in [3.8, 4) is 0 Å². The minimum atomic E-state index is -0.402. The van der Waals surface area contributed by atoms with Crippen LogP contribution >= 0.6 is 0 Å². The van der Waals surface area contributed by atoms with E-state index in [1.165, 1.54) is 0 Å². The van der Waals surface area contributed by atoms with Gasteiger partial charge in [-0.05, 0) is 36.3 Å². The first-order valence-electron chi connectivity index (χ1n) is 7.53. The maximum Gasteiger partial charge on any atom is 0.248 e. The van der Waals surface area contributed by atoms with E-state index in [1.54, 1.807) is 12.4 Å². The Labute approximate surface area is 134 Å². The van der Waals surface area contributed by atoms with Crippen molar-refractivity contribution in [2.75, 3.05) is 0 Å². The van der Waals surface area contributed by atoms with Crippen molar-refractivity contribution >= 4 is 22.9 Å². The van der Waals surface area contributed by atoms with E-state index < -0.39 is 5.91 Å². The lowest BCUT2D eigenvalue weighted by Gasteiger charge is -2.20. The molecule has 4 rings (SSSR count). The van der Waals surface area contributed by atoms with Crippen LogP contribution in [0.1, 0.15) is 11.1 Å². The average Bonchev–Trinajstić information content (AvgIpc) is 2.95. The van der Waals surface area contributed by atoms with Crippen LogP contribution in [-0.4, -0.2) is 16.6 Å². The molecule has 1 aromatic heterocycles. The van der Waals surface area contributed by atoms with E-state index in [0.29, 0.717) is 5.57 Å². The highest BCUT2D eigenvalue weighted by Gasteiger charge is 2.30. The number of rotatable bonds is 3. The number of carbonyl (C=O) groups is 1. The molecule has 1 amide bonds. The van der Waals surface area contributed by atoms with E-state index in [1.807, 2.05) is 48.6 Å². The van der Waals surface area contributed by atoms with Crippen LogP contribution in [-0.2, 0) is 11.2 Å². The van der Waals surface area contributed by atoms with Crippen molar-refractivity contribution in [1.82, 2.24) is 4.98 Å². The summed E-state index contributed by atoms with van der Waals surface area (Å²) in [5.74, 6) is -0.368. The van der Waals surface area contributed by atoms with Gasteiger partial charge in [-0.3, -0.25) is 14.8 Å². The number of fused-ring (bicyclic) bond motifs is 3. The number of hydrogen-bond acceptors (Lipinski definition) is 3. The SMILES string of the molecule is NC(=O)C1=CC(Cc2ccncc2)C2=Nc3ccccc3C2=C1. The Kier molecular flexibility index (Phi) is 3.15. The summed E-state index contributed by atoms with van der Waals surface area (Å²) in [5, 5.41) is 0. The molecule has 1 aromatic carbocycles. The van der Waals surface area contributed by atoms with Gasteiger partial charge in [0.15, 0.2) is 0 Å². The number of aromatic nitrogens is 1. The monoisotopic (exact) mass is 301 g/mol. The summed E-state index contributed by atoms with van der Waals surface area (Å²) in [6.45, 7) is 0. The molecular formula is C19H15N3O. The largest absolute Gasteiger partial charge is 0.366 e. The van der Waals surface area contributed by atoms with Crippen LogP contribution in [0.5, 0.6) is 0 Å². The Morgan fingerprint density at radius 3 is 2.70 bits per heavy atom. The molecule has 2 N–H and O–H groups in total. The van der Waals surface area contributed by atoms with Gasteiger partial charge in [0.1, 0.15) is 0 Å². The first kappa shape index (κ1) is 13.6. The molecule has 4 heteroatoms. The van der Waals surface area contributed by atoms with Crippen molar-refractivity contribution in [3.63, 3.8) is 0 Å². The van der Waals surface area contributed by atoms with Gasteiger partial charge in [-0.2, -0.15) is 0 Å². The molecule has 0 saturated carbocycles. The number of nitrogens with two attached hydrogens (primary N) is 1. The zero-order valence-electron chi connectivity index (χ0n) is 12.4. The third-order valence-electron chi connectivity index (χ3n) is 4.23. The van der Waals surface area contributed by atoms with Crippen LogP contribution in [0.25, 0.3) is 5.57 Å². The Bertz CT molecular complexity index is 878. The fourth-order valence-corrected chi connectivity index (χ4v) is 3.14. The molecular weight excluding hydrogens is 286 g/mol. The molecule has 2 heterocycles. The lowest BCUT2D eigenvalue weighted by molar-refractivity contribution is -0.114. The lowest BCUT2D eigenvalue weighted by atomic mass is 9.83. The lowest BCUT2D eigenvalue weighted by Crippen LogP contribution is -2.23. The topological polar surface area (TPSA) is 68.3 Å². The first-order valence-corrected chi connectivity index (χ1v) is 7.53. The van der Waals surface area contributed by atoms with Crippen LogP contribution < -0.4 is 5.73 Å². The third kappa shape index (κ3) is 2.38. The number of para-hydroxylation sites is 1. The number of benzene rings is 1. The molecule has 0 bridgehead atoms. The molecule has 2 aromatic rings. The zero-order chi connectivity index (χ0) is 15.8. The molecule has 1 aliphatic carbocycles. The zero-order valence-corrected chi connectivity index (χ0v) is 12.4. The number of allylic oxidation sites excluding steroid dienone is 2. The van der Waals surface area contributed by atoms with Crippen LogP contribution in [0.4, 0.5) is 5.69 Å². The van der Waals surface area contributed by atoms with Crippen molar-refractivity contribution in [2.24, 2.45) is 16.6 Å². The van der Waals surface area contributed by atoms with Crippen LogP contribution in [0.15, 0.2) is 71.5 Å². The predicted molar refractivity (Wildman–Crippen MR) is 90.2 cm³/mol. The van der Waals surface area contributed by atoms with Crippen LogP contribution in [0.3, 0.4) is 0 Å². The summed E-state index contributed by atoms with van der Waals surface area (Å²) in [7, 11) is 0. The van der Waals surface area contributed by atoms with Gasteiger partial charge in [-0.15, -0.1) is 0 Å². The van der Waals surface area contributed by atoms with Gasteiger partial charge in [-0.1, -0.05) is 24.3 Å². The molecule has 0 fully saturated rings. The molecule has 112 valence electrons. The molecule has 1 unspecified atom stereocenters. The van der Waals surface area contributed by atoms with Crippen LogP contribution in [0, 0.1) is 5.92 Å². The highest BCUT2D eigenvalue weighted by molar-refractivity contribution is 6.32. The summed E-state index contributed by atoms with van der Waals surface area (Å²) in [5.41, 5.74) is 11.3. The molecule has 1 atom stereocenters. The number of aliphatic imine (C=N–C) groups is 1. The highest BCUT2D eigenvalue weighted by Crippen LogP contribution is 2.40. The van der Waals surface area contributed by atoms with Gasteiger partial charge >= 0.3 is 0 Å². The number of primary amides is 1. The number of amides is 1. The van der Waals surface area contributed by atoms with Gasteiger partial charge in [0.25, 0.3) is 0 Å². The predicted octanol–water partition coefficient (Wildman–Crippen LogP) is 2.84. The highest BCUT2D eigenvalue weighted by atomic mass is 16.1. The maximum atomic E-state index is 11.7. The number of carbonyl (C=O) groups excluding carboxylic acids is 1. The number of pyridine rings is 1. The molecule has 0 saturated heterocycles. The van der Waals surface area contributed by atoms with Crippen molar-refractivity contribution < 1.29 is 4.79 Å². The first-order chi connectivity index (χ1) is 11.2. The maximum absolute atomic E-state index is 11.7. The summed E-state index contributed by atoms with van der Waals surface area (Å²) >= 11 is 0. The minimum Gasteiger partial charge on any atom is -0.366 e. The van der Waals surface area contributed by atoms with E-state index >= 15 is 0 Å². The fraction of sp³-hybridized carbons (Fsp3) is 0.105. The summed E-state index contributed by atoms with van der Waals surface area (Å²) in [6, 6.07) is 12.0. The molecule has 0 radical (unpaired) electrons. The summed E-state index contributed by atoms with van der Waals surface area (Å²) in [6.07, 6.45) is 8.11. The van der Waals surface area contributed by atoms with Gasteiger partial charge in [0.2, 0.25) is 5.91 Å². The standard InChI is InChI=1S/C19H15N3O/c20-19(23)14-10-13(9-12-5-7-21-8-6-12)18-16(11-14)15-3-1-2-4-17(15)22-18/h1-8,10-11,13H,9H2,(H2,20,23). The molecule has 0 spiro atoms. The van der Waals surface area contributed by atoms with Gasteiger partial charge in [0, 0.05) is 35.0 Å². The second-order valence-corrected chi connectivity index (χ2v) is 5.72. The smallest absolute Gasteiger partial charge is 0.248 e. The van der Waals surface area contributed by atoms with E-state index in [2.05, 4.69) is 4.98 Å². The van der Waals surface area contributed by atoms with E-state index in [0.717, 1.165) is 34.5 Å². The Hall–Kier alpha value is -3.01. The molecule has 23 heavy (non-hydrogen) atoms. The van der Waals surface area contributed by atoms with Crippen LogP contribution in [0.2, 0.25) is 0 Å². The summed E-state index contributed by atoms with van der Waals surface area (Å²) in [4.78, 5) is 20.5. The third-order valence-corrected chi connectivity index (χ3v) is 4.23. The average molecular weight is 301 g/mol. The second-order valence-electron chi connectivity index (χ2n) is 5.72. The Morgan fingerprint density at radius 1 is 1.13 bits per heavy atom. The van der Waals surface area contributed by atoms with E-state index in [4.69, 9.17) is 10.7 Å². The van der Waals surface area contributed by atoms with E-state index in [9.17, 15) is 4.79 Å². The number of hydrogen-bond donors (Lipinski definition) is 1.